The van der Waals surface area contributed by atoms with Gasteiger partial charge in [-0.3, -0.25) is 5.10 Å². The molecule has 3 aromatic rings. The van der Waals surface area contributed by atoms with Crippen LogP contribution in [0.1, 0.15) is 5.69 Å². The lowest BCUT2D eigenvalue weighted by molar-refractivity contribution is 0.629. The van der Waals surface area contributed by atoms with Gasteiger partial charge in [-0.05, 0) is 25.1 Å². The molecule has 0 aliphatic carbocycles. The van der Waals surface area contributed by atoms with Crippen molar-refractivity contribution in [1.82, 2.24) is 15.2 Å². The lowest BCUT2D eigenvalue weighted by atomic mass is 10.1. The van der Waals surface area contributed by atoms with Crippen LogP contribution in [0.3, 0.4) is 0 Å². The zero-order chi connectivity index (χ0) is 12.0. The molecule has 1 aromatic carbocycles. The fraction of sp³-hybridized carbons (Fsp3) is 0.0833. The number of aryl methyl sites for hydroxylation is 1. The molecule has 0 saturated carbocycles. The summed E-state index contributed by atoms with van der Waals surface area (Å²) in [5.41, 5.74) is 9.12. The minimum Gasteiger partial charge on any atom is -0.382 e. The fourth-order valence-electron chi connectivity index (χ4n) is 2.12. The quantitative estimate of drug-likeness (QED) is 0.601. The highest BCUT2D eigenvalue weighted by atomic mass is 19.1. The van der Waals surface area contributed by atoms with Gasteiger partial charge in [0.2, 0.25) is 0 Å². The van der Waals surface area contributed by atoms with Crippen molar-refractivity contribution < 1.29 is 4.39 Å². The number of aromatic amines is 2. The van der Waals surface area contributed by atoms with E-state index in [1.54, 1.807) is 12.1 Å². The van der Waals surface area contributed by atoms with E-state index in [2.05, 4.69) is 15.2 Å². The number of anilines is 1. The molecule has 3 rings (SSSR count). The molecule has 0 atom stereocenters. The lowest BCUT2D eigenvalue weighted by Gasteiger charge is -1.96. The van der Waals surface area contributed by atoms with Crippen LogP contribution in [0.5, 0.6) is 0 Å². The van der Waals surface area contributed by atoms with Crippen molar-refractivity contribution in [2.75, 3.05) is 5.73 Å². The number of benzene rings is 1. The van der Waals surface area contributed by atoms with E-state index in [-0.39, 0.29) is 5.82 Å². The number of nitrogens with zero attached hydrogens (tertiary/aromatic N) is 1. The second-order valence-electron chi connectivity index (χ2n) is 4.02. The van der Waals surface area contributed by atoms with Crippen LogP contribution >= 0.6 is 0 Å². The van der Waals surface area contributed by atoms with Crippen molar-refractivity contribution in [2.24, 2.45) is 0 Å². The Kier molecular flexibility index (Phi) is 1.95. The first-order valence-corrected chi connectivity index (χ1v) is 5.24. The Labute approximate surface area is 96.6 Å². The molecule has 0 unspecified atom stereocenters. The molecule has 0 radical (unpaired) electrons. The van der Waals surface area contributed by atoms with Crippen LogP contribution in [-0.2, 0) is 0 Å². The van der Waals surface area contributed by atoms with Gasteiger partial charge >= 0.3 is 0 Å². The first kappa shape index (κ1) is 9.89. The molecule has 5 heteroatoms. The Balaban J connectivity index is 2.32. The summed E-state index contributed by atoms with van der Waals surface area (Å²) in [6.45, 7) is 1.93. The number of hydrogen-bond donors (Lipinski definition) is 3. The Morgan fingerprint density at radius 1 is 1.29 bits per heavy atom. The van der Waals surface area contributed by atoms with Crippen molar-refractivity contribution in [3.63, 3.8) is 0 Å². The summed E-state index contributed by atoms with van der Waals surface area (Å²) in [5, 5.41) is 7.72. The summed E-state index contributed by atoms with van der Waals surface area (Å²) in [5.74, 6) is 0.185. The highest BCUT2D eigenvalue weighted by Gasteiger charge is 2.12. The first-order valence-electron chi connectivity index (χ1n) is 5.24. The smallest absolute Gasteiger partial charge is 0.145 e. The molecule has 0 aliphatic rings. The van der Waals surface area contributed by atoms with Crippen molar-refractivity contribution in [1.29, 1.82) is 0 Å². The molecule has 17 heavy (non-hydrogen) atoms. The van der Waals surface area contributed by atoms with Crippen LogP contribution in [0, 0.1) is 12.7 Å². The molecule has 0 fully saturated rings. The van der Waals surface area contributed by atoms with Gasteiger partial charge in [-0.25, -0.2) is 4.39 Å². The molecule has 2 aromatic heterocycles. The Morgan fingerprint density at radius 2 is 2.12 bits per heavy atom. The largest absolute Gasteiger partial charge is 0.382 e. The number of hydrogen-bond acceptors (Lipinski definition) is 2. The first-order chi connectivity index (χ1) is 8.15. The third-order valence-electron chi connectivity index (χ3n) is 2.82. The third kappa shape index (κ3) is 1.47. The molecule has 0 aliphatic heterocycles. The summed E-state index contributed by atoms with van der Waals surface area (Å²) < 4.78 is 13.1. The van der Waals surface area contributed by atoms with Crippen LogP contribution in [0.4, 0.5) is 10.2 Å². The normalized spacial score (nSPS) is 11.2. The van der Waals surface area contributed by atoms with Gasteiger partial charge in [0.1, 0.15) is 11.6 Å². The molecule has 0 bridgehead atoms. The molecule has 4 N–H and O–H groups in total. The highest BCUT2D eigenvalue weighted by Crippen LogP contribution is 2.31. The van der Waals surface area contributed by atoms with E-state index in [1.807, 2.05) is 6.92 Å². The van der Waals surface area contributed by atoms with Crippen molar-refractivity contribution in [3.8, 4) is 11.3 Å². The maximum absolute atomic E-state index is 13.1. The van der Waals surface area contributed by atoms with E-state index in [0.717, 1.165) is 27.9 Å². The fourth-order valence-corrected chi connectivity index (χ4v) is 2.12. The lowest BCUT2D eigenvalue weighted by Crippen LogP contribution is -1.81. The standard InChI is InChI=1S/C12H11FN4/c1-6-12(10-5-11(14)17-16-10)8-3-2-7(13)4-9(8)15-6/h2-5,15H,1H3,(H3,14,16,17). The summed E-state index contributed by atoms with van der Waals surface area (Å²) in [6, 6.07) is 6.43. The molecular formula is C12H11FN4. The minimum atomic E-state index is -0.255. The zero-order valence-electron chi connectivity index (χ0n) is 9.21. The van der Waals surface area contributed by atoms with Gasteiger partial charge in [-0.15, -0.1) is 0 Å². The van der Waals surface area contributed by atoms with Gasteiger partial charge in [0, 0.05) is 28.2 Å². The molecule has 0 amide bonds. The number of halogens is 1. The second kappa shape index (κ2) is 3.35. The van der Waals surface area contributed by atoms with Gasteiger partial charge in [-0.1, -0.05) is 0 Å². The summed E-state index contributed by atoms with van der Waals surface area (Å²) in [7, 11) is 0. The number of nitrogens with one attached hydrogen (secondary N) is 2. The predicted octanol–water partition coefficient (Wildman–Crippen LogP) is 2.59. The third-order valence-corrected chi connectivity index (χ3v) is 2.82. The number of nitrogens with two attached hydrogens (primary N) is 1. The second-order valence-corrected chi connectivity index (χ2v) is 4.02. The topological polar surface area (TPSA) is 70.5 Å². The van der Waals surface area contributed by atoms with E-state index in [4.69, 9.17) is 5.73 Å². The Morgan fingerprint density at radius 3 is 2.82 bits per heavy atom. The van der Waals surface area contributed by atoms with Gasteiger partial charge in [0.05, 0.1) is 5.69 Å². The van der Waals surface area contributed by atoms with Crippen LogP contribution in [-0.4, -0.2) is 15.2 Å². The summed E-state index contributed by atoms with van der Waals surface area (Å²) in [4.78, 5) is 3.15. The number of rotatable bonds is 1. The van der Waals surface area contributed by atoms with E-state index >= 15 is 0 Å². The van der Waals surface area contributed by atoms with E-state index < -0.39 is 0 Å². The summed E-state index contributed by atoms with van der Waals surface area (Å²) >= 11 is 0. The molecular weight excluding hydrogens is 219 g/mol. The Bertz CT molecular complexity index is 696. The van der Waals surface area contributed by atoms with Gasteiger partial charge < -0.3 is 10.7 Å². The maximum Gasteiger partial charge on any atom is 0.145 e. The van der Waals surface area contributed by atoms with Crippen LogP contribution in [0.15, 0.2) is 24.3 Å². The minimum absolute atomic E-state index is 0.255. The SMILES string of the molecule is Cc1[nH]c2cc(F)ccc2c1-c1cc(N)n[nH]1. The van der Waals surface area contributed by atoms with Crippen molar-refractivity contribution >= 4 is 16.7 Å². The Hall–Kier alpha value is -2.30. The molecule has 2 heterocycles. The van der Waals surface area contributed by atoms with Gasteiger partial charge in [0.15, 0.2) is 0 Å². The predicted molar refractivity (Wildman–Crippen MR) is 65.0 cm³/mol. The van der Waals surface area contributed by atoms with Gasteiger partial charge in [0.25, 0.3) is 0 Å². The van der Waals surface area contributed by atoms with Crippen molar-refractivity contribution in [2.45, 2.75) is 6.92 Å². The monoisotopic (exact) mass is 230 g/mol. The van der Waals surface area contributed by atoms with E-state index in [1.165, 1.54) is 12.1 Å². The molecule has 4 nitrogen and oxygen atoms in total. The number of fused-ring (bicyclic) bond motifs is 1. The zero-order valence-corrected chi connectivity index (χ0v) is 9.21. The van der Waals surface area contributed by atoms with Crippen LogP contribution in [0.2, 0.25) is 0 Å². The van der Waals surface area contributed by atoms with Crippen LogP contribution in [0.25, 0.3) is 22.2 Å². The van der Waals surface area contributed by atoms with E-state index in [0.29, 0.717) is 5.82 Å². The van der Waals surface area contributed by atoms with Crippen molar-refractivity contribution in [3.05, 3.63) is 35.8 Å². The van der Waals surface area contributed by atoms with Crippen LogP contribution < -0.4 is 5.73 Å². The molecule has 86 valence electrons. The molecule has 0 saturated heterocycles. The highest BCUT2D eigenvalue weighted by molar-refractivity contribution is 5.96. The number of H-pyrrole nitrogens is 2. The average molecular weight is 230 g/mol. The van der Waals surface area contributed by atoms with E-state index in [9.17, 15) is 4.39 Å². The number of aromatic nitrogens is 3. The molecule has 0 spiro atoms. The maximum atomic E-state index is 13.1. The number of nitrogen functional groups attached to an aromatic ring is 1. The summed E-state index contributed by atoms with van der Waals surface area (Å²) in [6.07, 6.45) is 0. The van der Waals surface area contributed by atoms with Gasteiger partial charge in [-0.2, -0.15) is 5.10 Å². The average Bonchev–Trinajstić information content (AvgIpc) is 2.80.